The van der Waals surface area contributed by atoms with Gasteiger partial charge in [0, 0.05) is 23.1 Å². The fourth-order valence-electron chi connectivity index (χ4n) is 2.66. The van der Waals surface area contributed by atoms with E-state index >= 15 is 0 Å². The predicted molar refractivity (Wildman–Crippen MR) is 84.2 cm³/mol. The fraction of sp³-hybridized carbons (Fsp3) is 0.467. The number of hydrogen-bond donors (Lipinski definition) is 2. The number of nitrogen functional groups attached to an aromatic ring is 1. The summed E-state index contributed by atoms with van der Waals surface area (Å²) < 4.78 is 4.40. The summed E-state index contributed by atoms with van der Waals surface area (Å²) in [5.41, 5.74) is 9.44. The maximum Gasteiger partial charge on any atom is 0.203 e. The third-order valence-electron chi connectivity index (χ3n) is 3.74. The van der Waals surface area contributed by atoms with Crippen LogP contribution in [-0.2, 0) is 6.42 Å². The van der Waals surface area contributed by atoms with Crippen LogP contribution in [0.5, 0.6) is 0 Å². The number of anilines is 2. The molecule has 2 aromatic rings. The molecule has 0 amide bonds. The minimum atomic E-state index is 0.326. The van der Waals surface area contributed by atoms with Crippen LogP contribution >= 0.6 is 11.5 Å². The lowest BCUT2D eigenvalue weighted by molar-refractivity contribution is 0.600. The number of rotatable bonds is 3. The lowest BCUT2D eigenvalue weighted by Crippen LogP contribution is -2.17. The highest BCUT2D eigenvalue weighted by Crippen LogP contribution is 2.34. The largest absolute Gasteiger partial charge is 0.399 e. The van der Waals surface area contributed by atoms with Crippen LogP contribution in [0, 0.1) is 0 Å². The molecule has 106 valence electrons. The SMILES string of the molecule is CC(C)c1nsc(NC2CCCc3cc(N)ccc32)n1. The molecule has 1 aromatic carbocycles. The Hall–Kier alpha value is -1.62. The second-order valence-corrected chi connectivity index (χ2v) is 6.41. The van der Waals surface area contributed by atoms with Crippen molar-refractivity contribution in [1.82, 2.24) is 9.36 Å². The third kappa shape index (κ3) is 2.63. The van der Waals surface area contributed by atoms with Crippen LogP contribution in [0.1, 0.15) is 55.6 Å². The molecule has 1 aliphatic carbocycles. The van der Waals surface area contributed by atoms with E-state index in [1.54, 1.807) is 0 Å². The molecule has 4 nitrogen and oxygen atoms in total. The molecule has 20 heavy (non-hydrogen) atoms. The molecule has 3 rings (SSSR count). The Bertz CT molecular complexity index is 606. The molecule has 5 heteroatoms. The van der Waals surface area contributed by atoms with E-state index in [2.05, 4.69) is 40.7 Å². The number of hydrogen-bond acceptors (Lipinski definition) is 5. The van der Waals surface area contributed by atoms with Crippen molar-refractivity contribution < 1.29 is 0 Å². The van der Waals surface area contributed by atoms with E-state index in [0.29, 0.717) is 12.0 Å². The van der Waals surface area contributed by atoms with E-state index < -0.39 is 0 Å². The highest BCUT2D eigenvalue weighted by Gasteiger charge is 2.21. The van der Waals surface area contributed by atoms with E-state index in [-0.39, 0.29) is 0 Å². The average molecular weight is 288 g/mol. The Labute approximate surface area is 123 Å². The molecule has 1 atom stereocenters. The molecule has 0 saturated heterocycles. The summed E-state index contributed by atoms with van der Waals surface area (Å²) >= 11 is 1.45. The molecule has 1 unspecified atom stereocenters. The number of benzene rings is 1. The zero-order valence-electron chi connectivity index (χ0n) is 11.9. The zero-order chi connectivity index (χ0) is 14.1. The first-order chi connectivity index (χ1) is 9.63. The first-order valence-corrected chi connectivity index (χ1v) is 7.89. The van der Waals surface area contributed by atoms with Gasteiger partial charge >= 0.3 is 0 Å². The van der Waals surface area contributed by atoms with E-state index in [4.69, 9.17) is 5.73 Å². The summed E-state index contributed by atoms with van der Waals surface area (Å²) in [5, 5.41) is 4.46. The van der Waals surface area contributed by atoms with Gasteiger partial charge in [0.25, 0.3) is 0 Å². The summed E-state index contributed by atoms with van der Waals surface area (Å²) in [5.74, 6) is 1.30. The summed E-state index contributed by atoms with van der Waals surface area (Å²) in [6.45, 7) is 4.23. The molecule has 0 aliphatic heterocycles. The molecule has 0 fully saturated rings. The topological polar surface area (TPSA) is 63.8 Å². The highest BCUT2D eigenvalue weighted by atomic mass is 32.1. The van der Waals surface area contributed by atoms with Crippen LogP contribution in [0.25, 0.3) is 0 Å². The van der Waals surface area contributed by atoms with Gasteiger partial charge in [0.05, 0.1) is 6.04 Å². The number of aromatic nitrogens is 2. The van der Waals surface area contributed by atoms with E-state index in [0.717, 1.165) is 29.5 Å². The van der Waals surface area contributed by atoms with Gasteiger partial charge in [0.15, 0.2) is 0 Å². The molecule has 0 spiro atoms. The fourth-order valence-corrected chi connectivity index (χ4v) is 3.42. The second-order valence-electron chi connectivity index (χ2n) is 5.66. The monoisotopic (exact) mass is 288 g/mol. The van der Waals surface area contributed by atoms with Crippen molar-refractivity contribution in [3.05, 3.63) is 35.2 Å². The van der Waals surface area contributed by atoms with Crippen molar-refractivity contribution in [2.24, 2.45) is 0 Å². The van der Waals surface area contributed by atoms with Gasteiger partial charge in [-0.2, -0.15) is 4.37 Å². The Morgan fingerprint density at radius 2 is 2.25 bits per heavy atom. The molecule has 1 aromatic heterocycles. The molecule has 0 saturated carbocycles. The summed E-state index contributed by atoms with van der Waals surface area (Å²) in [4.78, 5) is 4.57. The van der Waals surface area contributed by atoms with Crippen molar-refractivity contribution in [2.75, 3.05) is 11.1 Å². The number of nitrogens with one attached hydrogen (secondary N) is 1. The van der Waals surface area contributed by atoms with Crippen LogP contribution in [0.15, 0.2) is 18.2 Å². The standard InChI is InChI=1S/C15H20N4S/c1-9(2)14-18-15(20-19-14)17-13-5-3-4-10-8-11(16)6-7-12(10)13/h6-9,13H,3-5,16H2,1-2H3,(H,17,18,19). The summed E-state index contributed by atoms with van der Waals surface area (Å²) in [6.07, 6.45) is 3.43. The molecular formula is C15H20N4S. The maximum atomic E-state index is 5.88. The Balaban J connectivity index is 1.82. The van der Waals surface area contributed by atoms with Gasteiger partial charge in [-0.1, -0.05) is 19.9 Å². The number of nitrogens with two attached hydrogens (primary N) is 1. The number of aryl methyl sites for hydroxylation is 1. The van der Waals surface area contributed by atoms with Crippen LogP contribution in [0.2, 0.25) is 0 Å². The first-order valence-electron chi connectivity index (χ1n) is 7.12. The molecule has 3 N–H and O–H groups in total. The minimum Gasteiger partial charge on any atom is -0.399 e. The van der Waals surface area contributed by atoms with Gasteiger partial charge in [-0.15, -0.1) is 0 Å². The lowest BCUT2D eigenvalue weighted by Gasteiger charge is -2.26. The molecule has 0 bridgehead atoms. The van der Waals surface area contributed by atoms with E-state index in [1.165, 1.54) is 29.1 Å². The van der Waals surface area contributed by atoms with Crippen molar-refractivity contribution in [2.45, 2.75) is 45.1 Å². The Kier molecular flexibility index (Phi) is 3.61. The average Bonchev–Trinajstić information content (AvgIpc) is 2.87. The molecule has 1 heterocycles. The zero-order valence-corrected chi connectivity index (χ0v) is 12.7. The van der Waals surface area contributed by atoms with Gasteiger partial charge < -0.3 is 11.1 Å². The molecule has 1 aliphatic rings. The van der Waals surface area contributed by atoms with Gasteiger partial charge in [0.1, 0.15) is 5.82 Å². The van der Waals surface area contributed by atoms with Crippen LogP contribution < -0.4 is 11.1 Å². The smallest absolute Gasteiger partial charge is 0.203 e. The second kappa shape index (κ2) is 5.40. The van der Waals surface area contributed by atoms with Gasteiger partial charge in [-0.3, -0.25) is 0 Å². The molecular weight excluding hydrogens is 268 g/mol. The highest BCUT2D eigenvalue weighted by molar-refractivity contribution is 7.09. The minimum absolute atomic E-state index is 0.326. The van der Waals surface area contributed by atoms with Crippen molar-refractivity contribution >= 4 is 22.4 Å². The maximum absolute atomic E-state index is 5.88. The van der Waals surface area contributed by atoms with E-state index in [1.807, 2.05) is 6.07 Å². The van der Waals surface area contributed by atoms with Gasteiger partial charge in [0.2, 0.25) is 5.13 Å². The summed E-state index contributed by atoms with van der Waals surface area (Å²) in [6, 6.07) is 6.56. The lowest BCUT2D eigenvalue weighted by atomic mass is 9.87. The van der Waals surface area contributed by atoms with Crippen LogP contribution in [0.3, 0.4) is 0 Å². The number of fused-ring (bicyclic) bond motifs is 1. The third-order valence-corrected chi connectivity index (χ3v) is 4.40. The van der Waals surface area contributed by atoms with Crippen molar-refractivity contribution in [3.8, 4) is 0 Å². The van der Waals surface area contributed by atoms with Crippen LogP contribution in [0.4, 0.5) is 10.8 Å². The number of nitrogens with zero attached hydrogens (tertiary/aromatic N) is 2. The van der Waals surface area contributed by atoms with Gasteiger partial charge in [-0.25, -0.2) is 4.98 Å². The Morgan fingerprint density at radius 1 is 1.40 bits per heavy atom. The van der Waals surface area contributed by atoms with Crippen molar-refractivity contribution in [1.29, 1.82) is 0 Å². The first kappa shape index (κ1) is 13.4. The van der Waals surface area contributed by atoms with Crippen molar-refractivity contribution in [3.63, 3.8) is 0 Å². The Morgan fingerprint density at radius 3 is 3.00 bits per heavy atom. The van der Waals surface area contributed by atoms with Gasteiger partial charge in [-0.05, 0) is 42.5 Å². The van der Waals surface area contributed by atoms with Crippen LogP contribution in [-0.4, -0.2) is 9.36 Å². The molecule has 0 radical (unpaired) electrons. The van der Waals surface area contributed by atoms with E-state index in [9.17, 15) is 0 Å². The normalized spacial score (nSPS) is 18.1. The quantitative estimate of drug-likeness (QED) is 0.845. The summed E-state index contributed by atoms with van der Waals surface area (Å²) in [7, 11) is 0. The predicted octanol–water partition coefficient (Wildman–Crippen LogP) is 3.73.